The van der Waals surface area contributed by atoms with Crippen molar-refractivity contribution < 1.29 is 4.79 Å². The van der Waals surface area contributed by atoms with Gasteiger partial charge in [0.2, 0.25) is 0 Å². The first kappa shape index (κ1) is 17.1. The number of carbonyl (C=O) groups excluding carboxylic acids is 1. The molecule has 0 bridgehead atoms. The molecule has 0 saturated carbocycles. The number of hydrogen-bond donors (Lipinski definition) is 1. The van der Waals surface area contributed by atoms with Gasteiger partial charge >= 0.3 is 0 Å². The maximum absolute atomic E-state index is 12.5. The van der Waals surface area contributed by atoms with Crippen molar-refractivity contribution in [2.24, 2.45) is 0 Å². The SMILES string of the molecule is CC(C)c1nnc2ccc(NC(=O)c3ccc(C(C)(C)C)cc3)cn12. The molecular weight excluding hydrogens is 312 g/mol. The molecule has 3 aromatic rings. The van der Waals surface area contributed by atoms with E-state index in [9.17, 15) is 4.79 Å². The maximum atomic E-state index is 12.5. The standard InChI is InChI=1S/C20H24N4O/c1-13(2)18-23-22-17-11-10-16(12-24(17)18)21-19(25)14-6-8-15(9-7-14)20(3,4)5/h6-13H,1-5H3,(H,21,25). The van der Waals surface area contributed by atoms with Gasteiger partial charge in [-0.1, -0.05) is 46.8 Å². The van der Waals surface area contributed by atoms with Crippen molar-refractivity contribution in [3.8, 4) is 0 Å². The first-order chi connectivity index (χ1) is 11.8. The Morgan fingerprint density at radius 3 is 2.32 bits per heavy atom. The Kier molecular flexibility index (Phi) is 4.33. The second-order valence-corrected chi connectivity index (χ2v) is 7.64. The van der Waals surface area contributed by atoms with Crippen LogP contribution in [0.2, 0.25) is 0 Å². The summed E-state index contributed by atoms with van der Waals surface area (Å²) in [6.07, 6.45) is 1.87. The summed E-state index contributed by atoms with van der Waals surface area (Å²) in [5.41, 5.74) is 3.41. The summed E-state index contributed by atoms with van der Waals surface area (Å²) in [6, 6.07) is 11.5. The lowest BCUT2D eigenvalue weighted by Gasteiger charge is -2.19. The van der Waals surface area contributed by atoms with E-state index in [1.807, 2.05) is 47.0 Å². The van der Waals surface area contributed by atoms with Crippen LogP contribution >= 0.6 is 0 Å². The van der Waals surface area contributed by atoms with Gasteiger partial charge in [0.1, 0.15) is 5.82 Å². The Morgan fingerprint density at radius 2 is 1.72 bits per heavy atom. The highest BCUT2D eigenvalue weighted by atomic mass is 16.1. The molecule has 0 saturated heterocycles. The van der Waals surface area contributed by atoms with Crippen molar-refractivity contribution >= 4 is 17.2 Å². The van der Waals surface area contributed by atoms with Crippen LogP contribution in [-0.2, 0) is 5.41 Å². The predicted octanol–water partition coefficient (Wildman–Crippen LogP) is 4.40. The fourth-order valence-electron chi connectivity index (χ4n) is 2.70. The minimum absolute atomic E-state index is 0.0711. The Balaban J connectivity index is 1.83. The molecule has 1 aromatic carbocycles. The molecule has 25 heavy (non-hydrogen) atoms. The first-order valence-corrected chi connectivity index (χ1v) is 8.52. The highest BCUT2D eigenvalue weighted by Gasteiger charge is 2.15. The van der Waals surface area contributed by atoms with Gasteiger partial charge in [0.05, 0.1) is 5.69 Å². The number of rotatable bonds is 3. The van der Waals surface area contributed by atoms with Crippen LogP contribution in [0.1, 0.15) is 62.3 Å². The summed E-state index contributed by atoms with van der Waals surface area (Å²) in [7, 11) is 0. The summed E-state index contributed by atoms with van der Waals surface area (Å²) in [6.45, 7) is 10.6. The Labute approximate surface area is 148 Å². The molecule has 0 fully saturated rings. The van der Waals surface area contributed by atoms with Crippen LogP contribution in [0.3, 0.4) is 0 Å². The molecule has 0 aliphatic carbocycles. The van der Waals surface area contributed by atoms with Crippen molar-refractivity contribution in [1.29, 1.82) is 0 Å². The van der Waals surface area contributed by atoms with Gasteiger partial charge < -0.3 is 5.32 Å². The fourth-order valence-corrected chi connectivity index (χ4v) is 2.70. The van der Waals surface area contributed by atoms with E-state index in [2.05, 4.69) is 50.1 Å². The van der Waals surface area contributed by atoms with Crippen LogP contribution in [-0.4, -0.2) is 20.5 Å². The van der Waals surface area contributed by atoms with Gasteiger partial charge in [-0.3, -0.25) is 9.20 Å². The molecule has 0 atom stereocenters. The van der Waals surface area contributed by atoms with Crippen molar-refractivity contribution in [3.63, 3.8) is 0 Å². The highest BCUT2D eigenvalue weighted by Crippen LogP contribution is 2.23. The van der Waals surface area contributed by atoms with Crippen molar-refractivity contribution in [2.75, 3.05) is 5.32 Å². The molecule has 0 aliphatic rings. The summed E-state index contributed by atoms with van der Waals surface area (Å²) >= 11 is 0. The van der Waals surface area contributed by atoms with Crippen LogP contribution in [0, 0.1) is 0 Å². The highest BCUT2D eigenvalue weighted by molar-refractivity contribution is 6.04. The molecule has 0 spiro atoms. The van der Waals surface area contributed by atoms with E-state index in [0.29, 0.717) is 5.56 Å². The number of benzene rings is 1. The Bertz CT molecular complexity index is 902. The van der Waals surface area contributed by atoms with Crippen LogP contribution in [0.25, 0.3) is 5.65 Å². The van der Waals surface area contributed by atoms with Crippen LogP contribution in [0.15, 0.2) is 42.6 Å². The lowest BCUT2D eigenvalue weighted by atomic mass is 9.87. The van der Waals surface area contributed by atoms with Crippen LogP contribution in [0.4, 0.5) is 5.69 Å². The van der Waals surface area contributed by atoms with E-state index in [1.54, 1.807) is 0 Å². The van der Waals surface area contributed by atoms with Crippen LogP contribution < -0.4 is 5.32 Å². The monoisotopic (exact) mass is 336 g/mol. The maximum Gasteiger partial charge on any atom is 0.255 e. The van der Waals surface area contributed by atoms with E-state index in [4.69, 9.17) is 0 Å². The molecule has 3 rings (SSSR count). The number of hydrogen-bond acceptors (Lipinski definition) is 3. The molecule has 130 valence electrons. The number of aromatic nitrogens is 3. The minimum Gasteiger partial charge on any atom is -0.321 e. The summed E-state index contributed by atoms with van der Waals surface area (Å²) < 4.78 is 1.92. The quantitative estimate of drug-likeness (QED) is 0.771. The molecule has 5 heteroatoms. The van der Waals surface area contributed by atoms with E-state index in [0.717, 1.165) is 17.2 Å². The number of anilines is 1. The topological polar surface area (TPSA) is 59.3 Å². The summed E-state index contributed by atoms with van der Waals surface area (Å²) in [5.74, 6) is 1.01. The molecular formula is C20H24N4O. The van der Waals surface area contributed by atoms with Gasteiger partial charge in [0.15, 0.2) is 5.65 Å². The molecule has 5 nitrogen and oxygen atoms in total. The van der Waals surface area contributed by atoms with Gasteiger partial charge in [-0.15, -0.1) is 10.2 Å². The number of carbonyl (C=O) groups is 1. The fraction of sp³-hybridized carbons (Fsp3) is 0.350. The van der Waals surface area contributed by atoms with Gasteiger partial charge in [-0.2, -0.15) is 0 Å². The average molecular weight is 336 g/mol. The summed E-state index contributed by atoms with van der Waals surface area (Å²) in [4.78, 5) is 12.5. The van der Waals surface area contributed by atoms with Gasteiger partial charge in [0, 0.05) is 17.7 Å². The second-order valence-electron chi connectivity index (χ2n) is 7.64. The third kappa shape index (κ3) is 3.55. The molecule has 0 unspecified atom stereocenters. The molecule has 0 radical (unpaired) electrons. The Hall–Kier alpha value is -2.69. The number of nitrogens with zero attached hydrogens (tertiary/aromatic N) is 3. The predicted molar refractivity (Wildman–Crippen MR) is 100 cm³/mol. The Morgan fingerprint density at radius 1 is 1.04 bits per heavy atom. The van der Waals surface area contributed by atoms with E-state index in [1.165, 1.54) is 5.56 Å². The smallest absolute Gasteiger partial charge is 0.255 e. The van der Waals surface area contributed by atoms with E-state index >= 15 is 0 Å². The van der Waals surface area contributed by atoms with Gasteiger partial charge in [-0.25, -0.2) is 0 Å². The van der Waals surface area contributed by atoms with Gasteiger partial charge in [-0.05, 0) is 35.2 Å². The van der Waals surface area contributed by atoms with E-state index < -0.39 is 0 Å². The zero-order chi connectivity index (χ0) is 18.2. The largest absolute Gasteiger partial charge is 0.321 e. The average Bonchev–Trinajstić information content (AvgIpc) is 2.97. The number of pyridine rings is 1. The van der Waals surface area contributed by atoms with Gasteiger partial charge in [0.25, 0.3) is 5.91 Å². The number of amides is 1. The third-order valence-electron chi connectivity index (χ3n) is 4.22. The zero-order valence-electron chi connectivity index (χ0n) is 15.4. The van der Waals surface area contributed by atoms with Crippen molar-refractivity contribution in [3.05, 3.63) is 59.5 Å². The molecule has 2 aromatic heterocycles. The molecule has 1 amide bonds. The number of nitrogens with one attached hydrogen (secondary N) is 1. The molecule has 1 N–H and O–H groups in total. The third-order valence-corrected chi connectivity index (χ3v) is 4.22. The lowest BCUT2D eigenvalue weighted by molar-refractivity contribution is 0.102. The number of fused-ring (bicyclic) bond motifs is 1. The molecule has 0 aliphatic heterocycles. The lowest BCUT2D eigenvalue weighted by Crippen LogP contribution is -2.14. The van der Waals surface area contributed by atoms with Crippen molar-refractivity contribution in [1.82, 2.24) is 14.6 Å². The minimum atomic E-state index is -0.126. The second kappa shape index (κ2) is 6.31. The van der Waals surface area contributed by atoms with E-state index in [-0.39, 0.29) is 17.2 Å². The van der Waals surface area contributed by atoms with Crippen molar-refractivity contribution in [2.45, 2.75) is 46.0 Å². The first-order valence-electron chi connectivity index (χ1n) is 8.52. The normalized spacial score (nSPS) is 11.9. The zero-order valence-corrected chi connectivity index (χ0v) is 15.4. The molecule has 2 heterocycles. The van der Waals surface area contributed by atoms with Crippen LogP contribution in [0.5, 0.6) is 0 Å². The summed E-state index contributed by atoms with van der Waals surface area (Å²) in [5, 5.41) is 11.3.